The summed E-state index contributed by atoms with van der Waals surface area (Å²) in [5, 5.41) is 0. The van der Waals surface area contributed by atoms with Crippen LogP contribution in [0.1, 0.15) is 11.1 Å². The first-order chi connectivity index (χ1) is 16.6. The number of rotatable bonds is 7. The lowest BCUT2D eigenvalue weighted by atomic mass is 9.97. The van der Waals surface area contributed by atoms with Crippen LogP contribution in [0.4, 0.5) is 0 Å². The molecule has 0 fully saturated rings. The third kappa shape index (κ3) is 4.32. The number of ether oxygens (including phenoxy) is 4. The molecule has 0 spiro atoms. The molecule has 0 amide bonds. The summed E-state index contributed by atoms with van der Waals surface area (Å²) in [7, 11) is 3.20. The third-order valence-electron chi connectivity index (χ3n) is 5.77. The Labute approximate surface area is 197 Å². The van der Waals surface area contributed by atoms with Crippen LogP contribution in [-0.2, 0) is 19.6 Å². The summed E-state index contributed by atoms with van der Waals surface area (Å²) < 4.78 is 24.3. The monoisotopic (exact) mass is 456 g/mol. The Balaban J connectivity index is 1.38. The summed E-state index contributed by atoms with van der Waals surface area (Å²) in [6.45, 7) is 1.02. The van der Waals surface area contributed by atoms with Gasteiger partial charge in [0, 0.05) is 18.2 Å². The van der Waals surface area contributed by atoms with Crippen molar-refractivity contribution in [3.63, 3.8) is 0 Å². The van der Waals surface area contributed by atoms with Crippen LogP contribution in [0, 0.1) is 0 Å². The molecule has 7 nitrogen and oxygen atoms in total. The van der Waals surface area contributed by atoms with Gasteiger partial charge >= 0.3 is 5.69 Å². The summed E-state index contributed by atoms with van der Waals surface area (Å²) in [6, 6.07) is 22.8. The number of aromatic nitrogens is 2. The highest BCUT2D eigenvalue weighted by Gasteiger charge is 2.22. The van der Waals surface area contributed by atoms with Crippen LogP contribution in [0.3, 0.4) is 0 Å². The van der Waals surface area contributed by atoms with Crippen LogP contribution in [0.5, 0.6) is 28.9 Å². The smallest absolute Gasteiger partial charge is 0.351 e. The molecule has 1 aromatic heterocycles. The number of fused-ring (bicyclic) bond motifs is 3. The minimum atomic E-state index is -0.351. The lowest BCUT2D eigenvalue weighted by Gasteiger charge is -2.23. The second-order valence-electron chi connectivity index (χ2n) is 7.88. The lowest BCUT2D eigenvalue weighted by molar-refractivity contribution is 0.305. The fraction of sp³-hybridized carbons (Fsp3) is 0.185. The van der Waals surface area contributed by atoms with E-state index in [4.69, 9.17) is 18.9 Å². The van der Waals surface area contributed by atoms with Gasteiger partial charge in [-0.05, 0) is 53.9 Å². The minimum Gasteiger partial charge on any atom is -0.493 e. The Morgan fingerprint density at radius 2 is 1.59 bits per heavy atom. The van der Waals surface area contributed by atoms with Crippen molar-refractivity contribution in [2.45, 2.75) is 19.6 Å². The normalized spacial score (nSPS) is 11.8. The van der Waals surface area contributed by atoms with Crippen molar-refractivity contribution in [1.82, 2.24) is 9.55 Å². The molecule has 2 heterocycles. The van der Waals surface area contributed by atoms with E-state index in [0.29, 0.717) is 36.8 Å². The lowest BCUT2D eigenvalue weighted by Crippen LogP contribution is -2.28. The third-order valence-corrected chi connectivity index (χ3v) is 5.77. The second kappa shape index (κ2) is 9.31. The van der Waals surface area contributed by atoms with Crippen LogP contribution in [0.25, 0.3) is 11.3 Å². The number of benzene rings is 3. The zero-order valence-electron chi connectivity index (χ0n) is 19.0. The Kier molecular flexibility index (Phi) is 5.91. The highest BCUT2D eigenvalue weighted by molar-refractivity contribution is 5.70. The molecule has 34 heavy (non-hydrogen) atoms. The van der Waals surface area contributed by atoms with Crippen molar-refractivity contribution < 1.29 is 18.9 Å². The summed E-state index contributed by atoms with van der Waals surface area (Å²) in [6.07, 6.45) is 0.703. The quantitative estimate of drug-likeness (QED) is 0.396. The molecule has 1 aliphatic rings. The minimum absolute atomic E-state index is 0.233. The van der Waals surface area contributed by atoms with Crippen LogP contribution in [-0.4, -0.2) is 23.8 Å². The number of nitrogens with zero attached hydrogens (tertiary/aromatic N) is 2. The van der Waals surface area contributed by atoms with Crippen molar-refractivity contribution in [3.8, 4) is 40.1 Å². The average Bonchev–Trinajstić information content (AvgIpc) is 2.88. The van der Waals surface area contributed by atoms with Crippen molar-refractivity contribution in [2.75, 3.05) is 14.2 Å². The molecule has 0 saturated heterocycles. The molecule has 0 atom stereocenters. The Morgan fingerprint density at radius 3 is 2.32 bits per heavy atom. The molecule has 172 valence electrons. The molecule has 0 unspecified atom stereocenters. The van der Waals surface area contributed by atoms with E-state index in [0.717, 1.165) is 28.1 Å². The van der Waals surface area contributed by atoms with Gasteiger partial charge in [0.25, 0.3) is 0 Å². The zero-order valence-corrected chi connectivity index (χ0v) is 19.0. The first kappa shape index (κ1) is 21.6. The molecule has 0 N–H and O–H groups in total. The topological polar surface area (TPSA) is 71.8 Å². The van der Waals surface area contributed by atoms with Crippen LogP contribution in [0.2, 0.25) is 0 Å². The first-order valence-corrected chi connectivity index (χ1v) is 11.0. The van der Waals surface area contributed by atoms with E-state index in [1.807, 2.05) is 54.6 Å². The zero-order chi connectivity index (χ0) is 23.5. The maximum Gasteiger partial charge on any atom is 0.351 e. The van der Waals surface area contributed by atoms with Gasteiger partial charge < -0.3 is 18.9 Å². The number of hydrogen-bond acceptors (Lipinski definition) is 6. The second-order valence-corrected chi connectivity index (χ2v) is 7.88. The van der Waals surface area contributed by atoms with Gasteiger partial charge in [0.15, 0.2) is 11.5 Å². The molecule has 0 bridgehead atoms. The predicted octanol–water partition coefficient (Wildman–Crippen LogP) is 4.85. The maximum absolute atomic E-state index is 12.7. The molecule has 7 heteroatoms. The SMILES string of the molecule is COc1cc2c(cc1OC)-c1cc(Oc3ccc(OCc4ccccc4)cc3)nc(=O)n1CC2. The first-order valence-electron chi connectivity index (χ1n) is 11.0. The molecule has 0 radical (unpaired) electrons. The molecular weight excluding hydrogens is 432 g/mol. The van der Waals surface area contributed by atoms with Crippen molar-refractivity contribution in [3.05, 3.63) is 94.4 Å². The Hall–Kier alpha value is -4.26. The van der Waals surface area contributed by atoms with Crippen molar-refractivity contribution >= 4 is 0 Å². The van der Waals surface area contributed by atoms with E-state index in [-0.39, 0.29) is 11.6 Å². The van der Waals surface area contributed by atoms with Gasteiger partial charge in [-0.2, -0.15) is 4.98 Å². The van der Waals surface area contributed by atoms with E-state index in [1.165, 1.54) is 0 Å². The Morgan fingerprint density at radius 1 is 0.882 bits per heavy atom. The molecule has 0 aliphatic carbocycles. The molecule has 3 aromatic carbocycles. The standard InChI is InChI=1S/C27H24N2O5/c1-31-24-14-19-12-13-29-23(22(19)15-25(24)32-2)16-26(28-27(29)30)34-21-10-8-20(9-11-21)33-17-18-6-4-3-5-7-18/h3-11,14-16H,12-13,17H2,1-2H3. The van der Waals surface area contributed by atoms with Crippen molar-refractivity contribution in [1.29, 1.82) is 0 Å². The van der Waals surface area contributed by atoms with Crippen LogP contribution >= 0.6 is 0 Å². The van der Waals surface area contributed by atoms with Gasteiger partial charge in [0.05, 0.1) is 19.9 Å². The highest BCUT2D eigenvalue weighted by atomic mass is 16.5. The van der Waals surface area contributed by atoms with E-state index in [1.54, 1.807) is 37.0 Å². The van der Waals surface area contributed by atoms with Crippen LogP contribution < -0.4 is 24.6 Å². The van der Waals surface area contributed by atoms with Crippen LogP contribution in [0.15, 0.2) is 77.6 Å². The maximum atomic E-state index is 12.7. The van der Waals surface area contributed by atoms with Gasteiger partial charge in [-0.3, -0.25) is 4.57 Å². The summed E-state index contributed by atoms with van der Waals surface area (Å²) >= 11 is 0. The highest BCUT2D eigenvalue weighted by Crippen LogP contribution is 2.38. The van der Waals surface area contributed by atoms with E-state index in [9.17, 15) is 4.79 Å². The van der Waals surface area contributed by atoms with E-state index in [2.05, 4.69) is 4.98 Å². The van der Waals surface area contributed by atoms with Gasteiger partial charge in [0.1, 0.15) is 18.1 Å². The van der Waals surface area contributed by atoms with Gasteiger partial charge in [-0.15, -0.1) is 0 Å². The molecular formula is C27H24N2O5. The predicted molar refractivity (Wildman–Crippen MR) is 128 cm³/mol. The van der Waals surface area contributed by atoms with Crippen molar-refractivity contribution in [2.24, 2.45) is 0 Å². The largest absolute Gasteiger partial charge is 0.493 e. The fourth-order valence-corrected chi connectivity index (χ4v) is 4.04. The molecule has 1 aliphatic heterocycles. The number of aryl methyl sites for hydroxylation is 1. The molecule has 0 saturated carbocycles. The average molecular weight is 456 g/mol. The molecule has 4 aromatic rings. The summed E-state index contributed by atoms with van der Waals surface area (Å²) in [4.78, 5) is 16.9. The number of hydrogen-bond donors (Lipinski definition) is 0. The van der Waals surface area contributed by atoms with E-state index >= 15 is 0 Å². The summed E-state index contributed by atoms with van der Waals surface area (Å²) in [5.41, 5.74) is 3.46. The van der Waals surface area contributed by atoms with Gasteiger partial charge in [-0.25, -0.2) is 4.79 Å². The summed E-state index contributed by atoms with van der Waals surface area (Å²) in [5.74, 6) is 2.79. The number of methoxy groups -OCH3 is 2. The van der Waals surface area contributed by atoms with Gasteiger partial charge in [-0.1, -0.05) is 30.3 Å². The molecule has 5 rings (SSSR count). The Bertz CT molecular complexity index is 1360. The van der Waals surface area contributed by atoms with E-state index < -0.39 is 0 Å². The van der Waals surface area contributed by atoms with Gasteiger partial charge in [0.2, 0.25) is 5.88 Å². The fourth-order valence-electron chi connectivity index (χ4n) is 4.04.